The van der Waals surface area contributed by atoms with Gasteiger partial charge in [-0.1, -0.05) is 19.1 Å². The summed E-state index contributed by atoms with van der Waals surface area (Å²) < 4.78 is 14.0. The summed E-state index contributed by atoms with van der Waals surface area (Å²) in [5, 5.41) is 11.5. The average Bonchev–Trinajstić information content (AvgIpc) is 2.56. The van der Waals surface area contributed by atoms with Crippen molar-refractivity contribution in [1.29, 1.82) is 5.26 Å². The molecular formula is C17H23FN4O2. The molecule has 0 atom stereocenters. The molecule has 6 nitrogen and oxygen atoms in total. The highest BCUT2D eigenvalue weighted by Crippen LogP contribution is 2.19. The van der Waals surface area contributed by atoms with Gasteiger partial charge in [-0.2, -0.15) is 5.26 Å². The van der Waals surface area contributed by atoms with Gasteiger partial charge < -0.3 is 10.2 Å². The summed E-state index contributed by atoms with van der Waals surface area (Å²) in [5.74, 6) is -1.03. The second-order valence-electron chi connectivity index (χ2n) is 5.16. The molecule has 1 N–H and O–H groups in total. The number of benzene rings is 1. The molecule has 2 amide bonds. The highest BCUT2D eigenvalue weighted by Gasteiger charge is 2.21. The molecule has 0 aliphatic rings. The predicted octanol–water partition coefficient (Wildman–Crippen LogP) is 1.53. The van der Waals surface area contributed by atoms with Crippen molar-refractivity contribution in [3.05, 3.63) is 30.1 Å². The number of hydrogen-bond donors (Lipinski definition) is 1. The van der Waals surface area contributed by atoms with Gasteiger partial charge in [0.05, 0.1) is 31.3 Å². The predicted molar refractivity (Wildman–Crippen MR) is 89.8 cm³/mol. The number of nitrogens with one attached hydrogen (secondary N) is 1. The Kier molecular flexibility index (Phi) is 8.44. The van der Waals surface area contributed by atoms with Gasteiger partial charge >= 0.3 is 0 Å². The molecule has 0 aromatic heterocycles. The first kappa shape index (κ1) is 19.6. The van der Waals surface area contributed by atoms with Crippen molar-refractivity contribution in [1.82, 2.24) is 10.2 Å². The number of carbonyl (C=O) groups excluding carboxylic acids is 2. The van der Waals surface area contributed by atoms with Crippen LogP contribution in [0, 0.1) is 17.1 Å². The number of halogens is 1. The first-order valence-electron chi connectivity index (χ1n) is 7.94. The molecule has 0 heterocycles. The Morgan fingerprint density at radius 1 is 1.25 bits per heavy atom. The molecule has 0 spiro atoms. The second-order valence-corrected chi connectivity index (χ2v) is 5.16. The SMILES string of the molecule is CCNC(=O)CN(CC)CC(=O)N(CCC#N)c1ccccc1F. The van der Waals surface area contributed by atoms with Gasteiger partial charge in [-0.3, -0.25) is 14.5 Å². The number of nitrogens with zero attached hydrogens (tertiary/aromatic N) is 3. The minimum atomic E-state index is -0.518. The molecule has 0 radical (unpaired) electrons. The second kappa shape index (κ2) is 10.3. The van der Waals surface area contributed by atoms with E-state index in [9.17, 15) is 14.0 Å². The Hall–Kier alpha value is -2.46. The van der Waals surface area contributed by atoms with Crippen molar-refractivity contribution in [3.63, 3.8) is 0 Å². The maximum absolute atomic E-state index is 14.0. The summed E-state index contributed by atoms with van der Waals surface area (Å²) in [7, 11) is 0. The average molecular weight is 334 g/mol. The molecule has 130 valence electrons. The van der Waals surface area contributed by atoms with E-state index in [1.165, 1.54) is 17.0 Å². The van der Waals surface area contributed by atoms with Crippen molar-refractivity contribution < 1.29 is 14.0 Å². The molecule has 7 heteroatoms. The van der Waals surface area contributed by atoms with E-state index in [0.29, 0.717) is 13.1 Å². The van der Waals surface area contributed by atoms with E-state index in [2.05, 4.69) is 5.32 Å². The standard InChI is InChI=1S/C17H23FN4O2/c1-3-20-16(23)12-21(4-2)13-17(24)22(11-7-10-19)15-9-6-5-8-14(15)18/h5-6,8-9H,3-4,7,11-13H2,1-2H3,(H,20,23). The van der Waals surface area contributed by atoms with E-state index in [1.807, 2.05) is 19.9 Å². The summed E-state index contributed by atoms with van der Waals surface area (Å²) >= 11 is 0. The molecule has 0 saturated heterocycles. The Morgan fingerprint density at radius 2 is 1.96 bits per heavy atom. The zero-order chi connectivity index (χ0) is 17.9. The molecule has 24 heavy (non-hydrogen) atoms. The lowest BCUT2D eigenvalue weighted by Gasteiger charge is -2.26. The number of anilines is 1. The maximum atomic E-state index is 14.0. The Morgan fingerprint density at radius 3 is 2.54 bits per heavy atom. The van der Waals surface area contributed by atoms with E-state index in [1.54, 1.807) is 17.0 Å². The molecule has 0 saturated carbocycles. The number of amides is 2. The van der Waals surface area contributed by atoms with Crippen LogP contribution in [0.5, 0.6) is 0 Å². The smallest absolute Gasteiger partial charge is 0.241 e. The fraction of sp³-hybridized carbons (Fsp3) is 0.471. The monoisotopic (exact) mass is 334 g/mol. The highest BCUT2D eigenvalue weighted by molar-refractivity contribution is 5.95. The lowest BCUT2D eigenvalue weighted by molar-refractivity contribution is -0.123. The van der Waals surface area contributed by atoms with Crippen LogP contribution in [0.15, 0.2) is 24.3 Å². The quantitative estimate of drug-likeness (QED) is 0.743. The molecule has 0 aliphatic carbocycles. The molecule has 0 bridgehead atoms. The van der Waals surface area contributed by atoms with E-state index >= 15 is 0 Å². The third kappa shape index (κ3) is 5.97. The molecule has 1 aromatic carbocycles. The topological polar surface area (TPSA) is 76.4 Å². The number of rotatable bonds is 9. The number of para-hydroxylation sites is 1. The molecule has 1 rings (SSSR count). The zero-order valence-electron chi connectivity index (χ0n) is 14.1. The van der Waals surface area contributed by atoms with Gasteiger partial charge in [-0.15, -0.1) is 0 Å². The van der Waals surface area contributed by atoms with Crippen LogP contribution in [-0.4, -0.2) is 49.4 Å². The number of nitriles is 1. The van der Waals surface area contributed by atoms with Crippen LogP contribution < -0.4 is 10.2 Å². The van der Waals surface area contributed by atoms with E-state index in [4.69, 9.17) is 5.26 Å². The molecular weight excluding hydrogens is 311 g/mol. The Balaban J connectivity index is 2.86. The van der Waals surface area contributed by atoms with Crippen molar-refractivity contribution in [3.8, 4) is 6.07 Å². The van der Waals surface area contributed by atoms with Gasteiger partial charge in [0.15, 0.2) is 0 Å². The van der Waals surface area contributed by atoms with E-state index in [-0.39, 0.29) is 43.6 Å². The Labute approximate surface area is 141 Å². The van der Waals surface area contributed by atoms with Gasteiger partial charge in [0, 0.05) is 13.1 Å². The van der Waals surface area contributed by atoms with Crippen molar-refractivity contribution in [2.75, 3.05) is 37.6 Å². The first-order chi connectivity index (χ1) is 11.5. The normalized spacial score (nSPS) is 10.3. The molecule has 1 aromatic rings. The Bertz CT molecular complexity index is 600. The van der Waals surface area contributed by atoms with Crippen molar-refractivity contribution >= 4 is 17.5 Å². The van der Waals surface area contributed by atoms with Crippen LogP contribution >= 0.6 is 0 Å². The fourth-order valence-electron chi connectivity index (χ4n) is 2.22. The summed E-state index contributed by atoms with van der Waals surface area (Å²) in [5.41, 5.74) is 0.145. The van der Waals surface area contributed by atoms with Gasteiger partial charge in [0.2, 0.25) is 11.8 Å². The number of carbonyl (C=O) groups is 2. The number of hydrogen-bond acceptors (Lipinski definition) is 4. The van der Waals surface area contributed by atoms with Crippen molar-refractivity contribution in [2.24, 2.45) is 0 Å². The minimum absolute atomic E-state index is 0.0204. The molecule has 0 fully saturated rings. The van der Waals surface area contributed by atoms with Gasteiger partial charge in [-0.05, 0) is 25.6 Å². The first-order valence-corrected chi connectivity index (χ1v) is 7.94. The third-order valence-electron chi connectivity index (χ3n) is 3.44. The largest absolute Gasteiger partial charge is 0.355 e. The zero-order valence-corrected chi connectivity index (χ0v) is 14.1. The van der Waals surface area contributed by atoms with Crippen LogP contribution in [0.4, 0.5) is 10.1 Å². The van der Waals surface area contributed by atoms with Crippen LogP contribution in [0.1, 0.15) is 20.3 Å². The summed E-state index contributed by atoms with van der Waals surface area (Å²) in [6, 6.07) is 7.92. The molecule has 0 aliphatic heterocycles. The van der Waals surface area contributed by atoms with Gasteiger partial charge in [0.25, 0.3) is 0 Å². The maximum Gasteiger partial charge on any atom is 0.241 e. The lowest BCUT2D eigenvalue weighted by Crippen LogP contribution is -2.45. The number of likely N-dealkylation sites (N-methyl/N-ethyl adjacent to an activating group) is 2. The lowest BCUT2D eigenvalue weighted by atomic mass is 10.2. The van der Waals surface area contributed by atoms with Gasteiger partial charge in [-0.25, -0.2) is 4.39 Å². The van der Waals surface area contributed by atoms with Crippen LogP contribution in [0.3, 0.4) is 0 Å². The van der Waals surface area contributed by atoms with Crippen molar-refractivity contribution in [2.45, 2.75) is 20.3 Å². The summed E-state index contributed by atoms with van der Waals surface area (Å²) in [4.78, 5) is 27.2. The summed E-state index contributed by atoms with van der Waals surface area (Å²) in [6.07, 6.45) is 0.0997. The van der Waals surface area contributed by atoms with Crippen LogP contribution in [-0.2, 0) is 9.59 Å². The van der Waals surface area contributed by atoms with E-state index < -0.39 is 5.82 Å². The molecule has 0 unspecified atom stereocenters. The minimum Gasteiger partial charge on any atom is -0.355 e. The van der Waals surface area contributed by atoms with Crippen LogP contribution in [0.2, 0.25) is 0 Å². The fourth-order valence-corrected chi connectivity index (χ4v) is 2.22. The third-order valence-corrected chi connectivity index (χ3v) is 3.44. The van der Waals surface area contributed by atoms with Crippen LogP contribution in [0.25, 0.3) is 0 Å². The van der Waals surface area contributed by atoms with Gasteiger partial charge in [0.1, 0.15) is 5.82 Å². The highest BCUT2D eigenvalue weighted by atomic mass is 19.1. The summed E-state index contributed by atoms with van der Waals surface area (Å²) in [6.45, 7) is 4.87. The van der Waals surface area contributed by atoms with E-state index in [0.717, 1.165) is 0 Å².